The second-order valence-electron chi connectivity index (χ2n) is 1.51. The van der Waals surface area contributed by atoms with E-state index in [1.165, 1.54) is 0 Å². The molecule has 0 spiro atoms. The molecule has 0 aliphatic carbocycles. The van der Waals surface area contributed by atoms with Gasteiger partial charge in [0.05, 0.1) is 3.70 Å². The smallest absolute Gasteiger partial charge is 0.249 e. The van der Waals surface area contributed by atoms with Crippen molar-refractivity contribution in [3.63, 3.8) is 0 Å². The number of nitrogens with one attached hydrogen (secondary N) is 1. The highest BCUT2D eigenvalue weighted by atomic mass is 127. The molecule has 0 saturated carbocycles. The van der Waals surface area contributed by atoms with E-state index >= 15 is 0 Å². The van der Waals surface area contributed by atoms with E-state index in [0.29, 0.717) is 0 Å². The molecule has 0 amide bonds. The third kappa shape index (κ3) is 2.24. The van der Waals surface area contributed by atoms with Crippen molar-refractivity contribution in [2.45, 2.75) is 0 Å². The van der Waals surface area contributed by atoms with Crippen molar-refractivity contribution in [2.75, 3.05) is 0 Å². The molecule has 1 N–H and O–H groups in total. The van der Waals surface area contributed by atoms with Gasteiger partial charge in [0.1, 0.15) is 0 Å². The van der Waals surface area contributed by atoms with Crippen LogP contribution in [0.15, 0.2) is 16.9 Å². The average Bonchev–Trinajstić information content (AvgIpc) is 1.59. The van der Waals surface area contributed by atoms with Gasteiger partial charge in [-0.2, -0.15) is 0 Å². The normalized spacial score (nSPS) is 9.56. The average molecular weight is 347 g/mol. The first kappa shape index (κ1) is 7.52. The molecule has 4 heteroatoms. The van der Waals surface area contributed by atoms with Gasteiger partial charge in [0.2, 0.25) is 5.56 Å². The van der Waals surface area contributed by atoms with Crippen molar-refractivity contribution in [1.82, 2.24) is 4.98 Å². The Bertz CT molecular complexity index is 245. The van der Waals surface area contributed by atoms with Crippen molar-refractivity contribution >= 4 is 45.2 Å². The maximum absolute atomic E-state index is 10.6. The van der Waals surface area contributed by atoms with Crippen molar-refractivity contribution in [3.8, 4) is 0 Å². The lowest BCUT2D eigenvalue weighted by atomic mass is 10.5. The molecule has 1 aromatic rings. The van der Waals surface area contributed by atoms with Gasteiger partial charge >= 0.3 is 0 Å². The lowest BCUT2D eigenvalue weighted by molar-refractivity contribution is 1.18. The van der Waals surface area contributed by atoms with E-state index in [0.717, 1.165) is 7.27 Å². The Labute approximate surface area is 79.3 Å². The molecule has 0 aromatic carbocycles. The molecule has 0 fully saturated rings. The zero-order valence-corrected chi connectivity index (χ0v) is 8.63. The van der Waals surface area contributed by atoms with E-state index in [-0.39, 0.29) is 5.56 Å². The zero-order chi connectivity index (χ0) is 6.85. The zero-order valence-electron chi connectivity index (χ0n) is 4.32. The minimum atomic E-state index is -0.0358. The minimum Gasteiger partial charge on any atom is -0.317 e. The van der Waals surface area contributed by atoms with E-state index in [1.807, 2.05) is 6.07 Å². The number of aromatic nitrogens is 1. The quantitative estimate of drug-likeness (QED) is 0.561. The molecule has 48 valence electrons. The standard InChI is InChI=1S/C5H3I2NO/c6-3-1-4(7)8-5(9)2-3/h1-2H,(H,8,9). The van der Waals surface area contributed by atoms with Crippen LogP contribution >= 0.6 is 45.2 Å². The molecule has 1 aromatic heterocycles. The summed E-state index contributed by atoms with van der Waals surface area (Å²) in [6.45, 7) is 0. The maximum atomic E-state index is 10.6. The van der Waals surface area contributed by atoms with Crippen molar-refractivity contribution in [3.05, 3.63) is 29.8 Å². The van der Waals surface area contributed by atoms with Crippen molar-refractivity contribution < 1.29 is 0 Å². The molecule has 0 radical (unpaired) electrons. The highest BCUT2D eigenvalue weighted by molar-refractivity contribution is 14.1. The summed E-state index contributed by atoms with van der Waals surface area (Å²) in [5.74, 6) is 0. The van der Waals surface area contributed by atoms with Crippen LogP contribution in [0.5, 0.6) is 0 Å². The van der Waals surface area contributed by atoms with Crippen LogP contribution in [0.4, 0.5) is 0 Å². The Morgan fingerprint density at radius 3 is 2.44 bits per heavy atom. The summed E-state index contributed by atoms with van der Waals surface area (Å²) in [6.07, 6.45) is 0. The van der Waals surface area contributed by atoms with Gasteiger partial charge in [-0.05, 0) is 51.2 Å². The Hall–Kier alpha value is 0.410. The van der Waals surface area contributed by atoms with Crippen LogP contribution in [-0.2, 0) is 0 Å². The number of halogens is 2. The monoisotopic (exact) mass is 347 g/mol. The summed E-state index contributed by atoms with van der Waals surface area (Å²) in [5, 5.41) is 0. The van der Waals surface area contributed by atoms with Gasteiger partial charge in [-0.3, -0.25) is 4.79 Å². The summed E-state index contributed by atoms with van der Waals surface area (Å²) < 4.78 is 1.85. The molecular weight excluding hydrogens is 344 g/mol. The highest BCUT2D eigenvalue weighted by Gasteiger charge is 1.89. The number of pyridine rings is 1. The van der Waals surface area contributed by atoms with Gasteiger partial charge in [0.25, 0.3) is 0 Å². The molecule has 1 rings (SSSR count). The van der Waals surface area contributed by atoms with Crippen LogP contribution in [0.3, 0.4) is 0 Å². The lowest BCUT2D eigenvalue weighted by Gasteiger charge is -1.88. The van der Waals surface area contributed by atoms with E-state index in [4.69, 9.17) is 0 Å². The Balaban J connectivity index is 3.33. The predicted molar refractivity (Wildman–Crippen MR) is 52.5 cm³/mol. The molecule has 0 atom stereocenters. The van der Waals surface area contributed by atoms with Crippen LogP contribution in [0, 0.1) is 7.27 Å². The first-order valence-electron chi connectivity index (χ1n) is 2.24. The Kier molecular flexibility index (Phi) is 2.50. The summed E-state index contributed by atoms with van der Waals surface area (Å²) in [7, 11) is 0. The fourth-order valence-electron chi connectivity index (χ4n) is 0.478. The van der Waals surface area contributed by atoms with E-state index in [9.17, 15) is 4.79 Å². The fourth-order valence-corrected chi connectivity index (χ4v) is 2.27. The highest BCUT2D eigenvalue weighted by Crippen LogP contribution is 2.03. The second kappa shape index (κ2) is 3.00. The third-order valence-corrected chi connectivity index (χ3v) is 1.98. The van der Waals surface area contributed by atoms with E-state index in [2.05, 4.69) is 50.2 Å². The van der Waals surface area contributed by atoms with Gasteiger partial charge < -0.3 is 4.98 Å². The largest absolute Gasteiger partial charge is 0.317 e. The van der Waals surface area contributed by atoms with Crippen molar-refractivity contribution in [1.29, 1.82) is 0 Å². The van der Waals surface area contributed by atoms with E-state index in [1.54, 1.807) is 6.07 Å². The molecule has 9 heavy (non-hydrogen) atoms. The van der Waals surface area contributed by atoms with Crippen LogP contribution in [0.2, 0.25) is 0 Å². The maximum Gasteiger partial charge on any atom is 0.249 e. The molecule has 1 heterocycles. The second-order valence-corrected chi connectivity index (χ2v) is 3.92. The summed E-state index contributed by atoms with van der Waals surface area (Å²) >= 11 is 4.18. The molecule has 0 saturated heterocycles. The lowest BCUT2D eigenvalue weighted by Crippen LogP contribution is -2.05. The molecule has 0 unspecified atom stereocenters. The van der Waals surface area contributed by atoms with Gasteiger partial charge in [0, 0.05) is 9.64 Å². The number of hydrogen-bond acceptors (Lipinski definition) is 1. The van der Waals surface area contributed by atoms with Gasteiger partial charge in [-0.15, -0.1) is 0 Å². The topological polar surface area (TPSA) is 32.9 Å². The van der Waals surface area contributed by atoms with Gasteiger partial charge in [-0.1, -0.05) is 0 Å². The first-order valence-corrected chi connectivity index (χ1v) is 4.39. The number of aromatic amines is 1. The number of H-pyrrole nitrogens is 1. The summed E-state index contributed by atoms with van der Waals surface area (Å²) in [6, 6.07) is 3.46. The van der Waals surface area contributed by atoms with E-state index < -0.39 is 0 Å². The van der Waals surface area contributed by atoms with Crippen LogP contribution in [0.1, 0.15) is 0 Å². The SMILES string of the molecule is O=c1cc(I)cc(I)[nH]1. The molecule has 2 nitrogen and oxygen atoms in total. The van der Waals surface area contributed by atoms with Crippen molar-refractivity contribution in [2.24, 2.45) is 0 Å². The first-order chi connectivity index (χ1) is 4.18. The Morgan fingerprint density at radius 1 is 1.33 bits per heavy atom. The van der Waals surface area contributed by atoms with Crippen LogP contribution in [-0.4, -0.2) is 4.98 Å². The molecule has 0 aliphatic rings. The Morgan fingerprint density at radius 2 is 2.00 bits per heavy atom. The third-order valence-electron chi connectivity index (χ3n) is 0.776. The number of rotatable bonds is 0. The van der Waals surface area contributed by atoms with Crippen LogP contribution < -0.4 is 5.56 Å². The van der Waals surface area contributed by atoms with Gasteiger partial charge in [0.15, 0.2) is 0 Å². The van der Waals surface area contributed by atoms with Crippen LogP contribution in [0.25, 0.3) is 0 Å². The molecular formula is C5H3I2NO. The predicted octanol–water partition coefficient (Wildman–Crippen LogP) is 1.58. The summed E-state index contributed by atoms with van der Waals surface area (Å²) in [4.78, 5) is 13.3. The van der Waals surface area contributed by atoms with Gasteiger partial charge in [-0.25, -0.2) is 0 Å². The molecule has 0 aliphatic heterocycles. The summed E-state index contributed by atoms with van der Waals surface area (Å²) in [5.41, 5.74) is -0.0358. The fraction of sp³-hybridized carbons (Fsp3) is 0. The number of hydrogen-bond donors (Lipinski definition) is 1. The molecule has 0 bridgehead atoms. The minimum absolute atomic E-state index is 0.0358.